The largest absolute Gasteiger partial charge is 0.490 e. The number of aromatic nitrogens is 1. The van der Waals surface area contributed by atoms with Gasteiger partial charge in [0.1, 0.15) is 18.1 Å². The molecule has 0 fully saturated rings. The third-order valence-corrected chi connectivity index (χ3v) is 4.06. The quantitative estimate of drug-likeness (QED) is 0.254. The first-order valence-electron chi connectivity index (χ1n) is 8.47. The lowest BCUT2D eigenvalue weighted by Crippen LogP contribution is -2.39. The highest BCUT2D eigenvalue weighted by molar-refractivity contribution is 14.0. The van der Waals surface area contributed by atoms with Crippen molar-refractivity contribution in [3.8, 4) is 5.75 Å². The van der Waals surface area contributed by atoms with Gasteiger partial charge in [-0.25, -0.2) is 0 Å². The SMILES string of the molecule is CCc1noc(CC)c1CNC(=NC)NCCOc1ccccc1Cl.I. The maximum absolute atomic E-state index is 6.06. The Morgan fingerprint density at radius 3 is 2.65 bits per heavy atom. The van der Waals surface area contributed by atoms with E-state index < -0.39 is 0 Å². The molecule has 144 valence electrons. The molecule has 0 bridgehead atoms. The lowest BCUT2D eigenvalue weighted by Gasteiger charge is -2.13. The molecular formula is C18H26ClIN4O2. The molecule has 0 spiro atoms. The molecule has 6 nitrogen and oxygen atoms in total. The molecule has 0 amide bonds. The van der Waals surface area contributed by atoms with Crippen LogP contribution in [0.25, 0.3) is 0 Å². The molecule has 8 heteroatoms. The number of benzene rings is 1. The number of halogens is 2. The molecule has 0 aliphatic rings. The molecule has 2 N–H and O–H groups in total. The highest BCUT2D eigenvalue weighted by Crippen LogP contribution is 2.22. The minimum absolute atomic E-state index is 0. The summed E-state index contributed by atoms with van der Waals surface area (Å²) in [4.78, 5) is 4.22. The van der Waals surface area contributed by atoms with E-state index >= 15 is 0 Å². The Hall–Kier alpha value is -1.48. The molecule has 1 heterocycles. The molecular weight excluding hydrogens is 467 g/mol. The van der Waals surface area contributed by atoms with Crippen molar-refractivity contribution in [3.05, 3.63) is 46.3 Å². The molecule has 0 aliphatic heterocycles. The summed E-state index contributed by atoms with van der Waals surface area (Å²) in [6.07, 6.45) is 1.67. The van der Waals surface area contributed by atoms with Crippen LogP contribution in [-0.2, 0) is 19.4 Å². The number of ether oxygens (including phenoxy) is 1. The number of aliphatic imine (C=N–C) groups is 1. The zero-order chi connectivity index (χ0) is 18.1. The molecule has 0 unspecified atom stereocenters. The Morgan fingerprint density at radius 2 is 2.00 bits per heavy atom. The van der Waals surface area contributed by atoms with Crippen LogP contribution in [0.3, 0.4) is 0 Å². The summed E-state index contributed by atoms with van der Waals surface area (Å²) in [5.74, 6) is 2.30. The molecule has 1 aromatic heterocycles. The fourth-order valence-electron chi connectivity index (χ4n) is 2.42. The van der Waals surface area contributed by atoms with Crippen LogP contribution in [0.15, 0.2) is 33.8 Å². The average Bonchev–Trinajstić information content (AvgIpc) is 3.04. The smallest absolute Gasteiger partial charge is 0.191 e. The van der Waals surface area contributed by atoms with E-state index in [1.165, 1.54) is 0 Å². The van der Waals surface area contributed by atoms with Crippen molar-refractivity contribution in [3.63, 3.8) is 0 Å². The minimum atomic E-state index is 0. The third kappa shape index (κ3) is 6.35. The van der Waals surface area contributed by atoms with E-state index in [9.17, 15) is 0 Å². The maximum atomic E-state index is 6.06. The summed E-state index contributed by atoms with van der Waals surface area (Å²) in [5.41, 5.74) is 2.10. The van der Waals surface area contributed by atoms with E-state index in [1.54, 1.807) is 13.1 Å². The fourth-order valence-corrected chi connectivity index (χ4v) is 2.61. The third-order valence-electron chi connectivity index (χ3n) is 3.75. The van der Waals surface area contributed by atoms with Crippen LogP contribution in [0.4, 0.5) is 0 Å². The minimum Gasteiger partial charge on any atom is -0.490 e. The average molecular weight is 493 g/mol. The molecule has 0 aliphatic carbocycles. The molecule has 2 rings (SSSR count). The van der Waals surface area contributed by atoms with Gasteiger partial charge in [0.2, 0.25) is 0 Å². The van der Waals surface area contributed by atoms with Crippen LogP contribution in [0.5, 0.6) is 5.75 Å². The summed E-state index contributed by atoms with van der Waals surface area (Å²) in [5, 5.41) is 11.2. The zero-order valence-corrected chi connectivity index (χ0v) is 18.4. The predicted molar refractivity (Wildman–Crippen MR) is 116 cm³/mol. The van der Waals surface area contributed by atoms with Gasteiger partial charge in [-0.2, -0.15) is 0 Å². The van der Waals surface area contributed by atoms with Crippen LogP contribution >= 0.6 is 35.6 Å². The van der Waals surface area contributed by atoms with E-state index in [0.29, 0.717) is 36.4 Å². The lowest BCUT2D eigenvalue weighted by atomic mass is 10.1. The Labute approximate surface area is 176 Å². The van der Waals surface area contributed by atoms with Gasteiger partial charge in [-0.1, -0.05) is 42.7 Å². The van der Waals surface area contributed by atoms with Gasteiger partial charge in [0.15, 0.2) is 5.96 Å². The van der Waals surface area contributed by atoms with Gasteiger partial charge in [0.25, 0.3) is 0 Å². The Balaban J connectivity index is 0.00000338. The molecule has 0 atom stereocenters. The van der Waals surface area contributed by atoms with E-state index in [1.807, 2.05) is 18.2 Å². The number of para-hydroxylation sites is 1. The normalized spacial score (nSPS) is 11.0. The Kier molecular flexibility index (Phi) is 10.4. The van der Waals surface area contributed by atoms with Crippen LogP contribution in [0.2, 0.25) is 5.02 Å². The van der Waals surface area contributed by atoms with Gasteiger partial charge in [-0.3, -0.25) is 4.99 Å². The predicted octanol–water partition coefficient (Wildman–Crippen LogP) is 3.81. The lowest BCUT2D eigenvalue weighted by molar-refractivity contribution is 0.322. The second-order valence-electron chi connectivity index (χ2n) is 5.37. The highest BCUT2D eigenvalue weighted by Gasteiger charge is 2.13. The molecule has 0 radical (unpaired) electrons. The van der Waals surface area contributed by atoms with Crippen molar-refractivity contribution in [2.45, 2.75) is 33.2 Å². The molecule has 2 aromatic rings. The van der Waals surface area contributed by atoms with E-state index in [0.717, 1.165) is 29.9 Å². The number of aryl methyl sites for hydroxylation is 2. The molecule has 1 aromatic carbocycles. The monoisotopic (exact) mass is 492 g/mol. The van der Waals surface area contributed by atoms with E-state index in [4.69, 9.17) is 20.9 Å². The van der Waals surface area contributed by atoms with Crippen molar-refractivity contribution in [2.75, 3.05) is 20.2 Å². The molecule has 0 saturated heterocycles. The highest BCUT2D eigenvalue weighted by atomic mass is 127. The number of nitrogens with one attached hydrogen (secondary N) is 2. The first kappa shape index (κ1) is 22.6. The van der Waals surface area contributed by atoms with Gasteiger partial charge in [-0.05, 0) is 18.6 Å². The van der Waals surface area contributed by atoms with Crippen molar-refractivity contribution >= 4 is 41.5 Å². The Bertz CT molecular complexity index is 685. The molecule has 0 saturated carbocycles. The summed E-state index contributed by atoms with van der Waals surface area (Å²) in [6.45, 7) is 5.84. The summed E-state index contributed by atoms with van der Waals surface area (Å²) in [7, 11) is 1.74. The van der Waals surface area contributed by atoms with Crippen LogP contribution < -0.4 is 15.4 Å². The van der Waals surface area contributed by atoms with Gasteiger partial charge in [0.05, 0.1) is 17.3 Å². The van der Waals surface area contributed by atoms with Gasteiger partial charge < -0.3 is 19.9 Å². The van der Waals surface area contributed by atoms with E-state index in [-0.39, 0.29) is 24.0 Å². The number of hydrogen-bond donors (Lipinski definition) is 2. The van der Waals surface area contributed by atoms with Crippen LogP contribution in [-0.4, -0.2) is 31.3 Å². The Morgan fingerprint density at radius 1 is 1.23 bits per heavy atom. The number of rotatable bonds is 8. The first-order chi connectivity index (χ1) is 12.2. The maximum Gasteiger partial charge on any atom is 0.191 e. The van der Waals surface area contributed by atoms with Crippen molar-refractivity contribution < 1.29 is 9.26 Å². The second kappa shape index (κ2) is 12.0. The van der Waals surface area contributed by atoms with Gasteiger partial charge in [0, 0.05) is 25.6 Å². The van der Waals surface area contributed by atoms with E-state index in [2.05, 4.69) is 34.6 Å². The summed E-state index contributed by atoms with van der Waals surface area (Å²) in [6, 6.07) is 7.42. The zero-order valence-electron chi connectivity index (χ0n) is 15.3. The van der Waals surface area contributed by atoms with Crippen molar-refractivity contribution in [1.82, 2.24) is 15.8 Å². The summed E-state index contributed by atoms with van der Waals surface area (Å²) < 4.78 is 11.0. The van der Waals surface area contributed by atoms with Gasteiger partial charge >= 0.3 is 0 Å². The van der Waals surface area contributed by atoms with Crippen molar-refractivity contribution in [2.24, 2.45) is 4.99 Å². The second-order valence-corrected chi connectivity index (χ2v) is 5.78. The topological polar surface area (TPSA) is 71.7 Å². The standard InChI is InChI=1S/C18H25ClN4O2.HI/c1-4-15-13(16(5-2)25-23-15)12-22-18(20-3)21-10-11-24-17-9-7-6-8-14(17)19;/h6-9H,4-5,10-12H2,1-3H3,(H2,20,21,22);1H. The first-order valence-corrected chi connectivity index (χ1v) is 8.85. The number of hydrogen-bond acceptors (Lipinski definition) is 4. The summed E-state index contributed by atoms with van der Waals surface area (Å²) >= 11 is 6.06. The number of guanidine groups is 1. The van der Waals surface area contributed by atoms with Gasteiger partial charge in [-0.15, -0.1) is 24.0 Å². The molecule has 26 heavy (non-hydrogen) atoms. The number of nitrogens with zero attached hydrogens (tertiary/aromatic N) is 2. The van der Waals surface area contributed by atoms with Crippen molar-refractivity contribution in [1.29, 1.82) is 0 Å². The fraction of sp³-hybridized carbons (Fsp3) is 0.444. The van der Waals surface area contributed by atoms with Crippen LogP contribution in [0, 0.1) is 0 Å². The van der Waals surface area contributed by atoms with Crippen LogP contribution in [0.1, 0.15) is 30.9 Å².